The molecular formula is C25H28N4O4S. The van der Waals surface area contributed by atoms with Crippen LogP contribution in [0.3, 0.4) is 0 Å². The topological polar surface area (TPSA) is 95.2 Å². The first-order valence-electron chi connectivity index (χ1n) is 11.0. The normalized spacial score (nSPS) is 11.8. The van der Waals surface area contributed by atoms with Gasteiger partial charge >= 0.3 is 0 Å². The Morgan fingerprint density at radius 1 is 1.03 bits per heavy atom. The second kappa shape index (κ2) is 9.44. The van der Waals surface area contributed by atoms with Gasteiger partial charge in [0.25, 0.3) is 5.56 Å². The minimum atomic E-state index is -3.43. The van der Waals surface area contributed by atoms with E-state index in [1.54, 1.807) is 37.6 Å². The van der Waals surface area contributed by atoms with Crippen molar-refractivity contribution in [2.24, 2.45) is 7.05 Å². The summed E-state index contributed by atoms with van der Waals surface area (Å²) in [7, 11) is 0.147. The van der Waals surface area contributed by atoms with Crippen molar-refractivity contribution in [3.05, 3.63) is 65.3 Å². The lowest BCUT2D eigenvalue weighted by Gasteiger charge is -2.16. The number of likely N-dealkylation sites (N-methyl/N-ethyl adjacent to an activating group) is 1. The number of sulfone groups is 1. The van der Waals surface area contributed by atoms with Gasteiger partial charge < -0.3 is 14.6 Å². The quantitative estimate of drug-likeness (QED) is 0.416. The van der Waals surface area contributed by atoms with E-state index in [1.807, 2.05) is 43.0 Å². The molecule has 0 aliphatic carbocycles. The maximum Gasteiger partial charge on any atom is 0.258 e. The smallest absolute Gasteiger partial charge is 0.258 e. The highest BCUT2D eigenvalue weighted by atomic mass is 32.2. The number of aryl methyl sites for hydroxylation is 1. The number of nitrogens with zero attached hydrogens (tertiary/aromatic N) is 3. The Labute approximate surface area is 198 Å². The Hall–Kier alpha value is -3.43. The fraction of sp³-hybridized carbons (Fsp3) is 0.280. The fourth-order valence-corrected chi connectivity index (χ4v) is 4.60. The van der Waals surface area contributed by atoms with E-state index in [4.69, 9.17) is 4.74 Å². The summed E-state index contributed by atoms with van der Waals surface area (Å²) in [6, 6.07) is 10.5. The van der Waals surface area contributed by atoms with Gasteiger partial charge in [-0.15, -0.1) is 0 Å². The molecule has 178 valence electrons. The van der Waals surface area contributed by atoms with Crippen LogP contribution in [0.15, 0.2) is 64.7 Å². The van der Waals surface area contributed by atoms with Gasteiger partial charge in [-0.1, -0.05) is 6.07 Å². The second-order valence-electron chi connectivity index (χ2n) is 8.18. The van der Waals surface area contributed by atoms with Crippen LogP contribution in [-0.4, -0.2) is 49.2 Å². The molecule has 2 heterocycles. The predicted octanol–water partition coefficient (Wildman–Crippen LogP) is 3.09. The Morgan fingerprint density at radius 3 is 2.53 bits per heavy atom. The predicted molar refractivity (Wildman–Crippen MR) is 134 cm³/mol. The van der Waals surface area contributed by atoms with E-state index >= 15 is 0 Å². The fourth-order valence-electron chi connectivity index (χ4n) is 3.95. The molecule has 0 bridgehead atoms. The SMILES string of the molecule is CCOc1ccc(S(C)(=O)=O)cc1-c1cn(C)c(=O)c2ccc(-c3cnn(CCNC)c3)cc12. The zero-order valence-electron chi connectivity index (χ0n) is 19.7. The molecule has 4 aromatic rings. The van der Waals surface area contributed by atoms with Gasteiger partial charge in [0.2, 0.25) is 0 Å². The summed E-state index contributed by atoms with van der Waals surface area (Å²) < 4.78 is 33.8. The highest BCUT2D eigenvalue weighted by molar-refractivity contribution is 7.90. The monoisotopic (exact) mass is 480 g/mol. The average molecular weight is 481 g/mol. The lowest BCUT2D eigenvalue weighted by molar-refractivity contribution is 0.341. The van der Waals surface area contributed by atoms with Crippen LogP contribution in [0.2, 0.25) is 0 Å². The van der Waals surface area contributed by atoms with Gasteiger partial charge in [-0.3, -0.25) is 9.48 Å². The van der Waals surface area contributed by atoms with Gasteiger partial charge in [0, 0.05) is 54.3 Å². The molecule has 2 aromatic heterocycles. The lowest BCUT2D eigenvalue weighted by Crippen LogP contribution is -2.16. The van der Waals surface area contributed by atoms with E-state index in [0.29, 0.717) is 23.3 Å². The van der Waals surface area contributed by atoms with Gasteiger partial charge in [-0.2, -0.15) is 5.10 Å². The number of hydrogen-bond acceptors (Lipinski definition) is 6. The molecule has 0 fully saturated rings. The standard InChI is InChI=1S/C25H28N4O4S/c1-5-33-24-9-7-19(34(4,31)32)13-22(24)23-16-28(3)25(30)20-8-6-17(12-21(20)23)18-14-27-29(15-18)11-10-26-2/h6-9,12-16,26H,5,10-11H2,1-4H3. The van der Waals surface area contributed by atoms with Gasteiger partial charge in [0.15, 0.2) is 9.84 Å². The van der Waals surface area contributed by atoms with Crippen molar-refractivity contribution < 1.29 is 13.2 Å². The third-order valence-electron chi connectivity index (χ3n) is 5.71. The third kappa shape index (κ3) is 4.62. The summed E-state index contributed by atoms with van der Waals surface area (Å²) in [4.78, 5) is 13.1. The van der Waals surface area contributed by atoms with Gasteiger partial charge in [-0.25, -0.2) is 8.42 Å². The third-order valence-corrected chi connectivity index (χ3v) is 6.82. The first kappa shape index (κ1) is 23.7. The number of hydrogen-bond donors (Lipinski definition) is 1. The zero-order valence-corrected chi connectivity index (χ0v) is 20.5. The van der Waals surface area contributed by atoms with Crippen LogP contribution in [0.25, 0.3) is 33.0 Å². The number of ether oxygens (including phenoxy) is 1. The molecule has 0 aliphatic heterocycles. The van der Waals surface area contributed by atoms with E-state index in [9.17, 15) is 13.2 Å². The van der Waals surface area contributed by atoms with Crippen molar-refractivity contribution in [2.75, 3.05) is 26.5 Å². The van der Waals surface area contributed by atoms with E-state index in [2.05, 4.69) is 10.4 Å². The number of rotatable bonds is 8. The molecule has 0 atom stereocenters. The summed E-state index contributed by atoms with van der Waals surface area (Å²) in [6.45, 7) is 3.84. The number of aromatic nitrogens is 3. The van der Waals surface area contributed by atoms with E-state index in [-0.39, 0.29) is 10.5 Å². The van der Waals surface area contributed by atoms with E-state index < -0.39 is 9.84 Å². The van der Waals surface area contributed by atoms with E-state index in [1.165, 1.54) is 10.8 Å². The largest absolute Gasteiger partial charge is 0.493 e. The maximum absolute atomic E-state index is 12.9. The molecule has 0 amide bonds. The summed E-state index contributed by atoms with van der Waals surface area (Å²) >= 11 is 0. The van der Waals surface area contributed by atoms with Crippen molar-refractivity contribution in [3.8, 4) is 28.0 Å². The summed E-state index contributed by atoms with van der Waals surface area (Å²) in [5, 5.41) is 8.79. The first-order valence-corrected chi connectivity index (χ1v) is 12.9. The Balaban J connectivity index is 1.96. The highest BCUT2D eigenvalue weighted by Crippen LogP contribution is 2.37. The van der Waals surface area contributed by atoms with Crippen LogP contribution in [0.1, 0.15) is 6.92 Å². The minimum Gasteiger partial charge on any atom is -0.493 e. The summed E-state index contributed by atoms with van der Waals surface area (Å²) in [6.07, 6.45) is 6.67. The van der Waals surface area contributed by atoms with Crippen LogP contribution in [0.4, 0.5) is 0 Å². The van der Waals surface area contributed by atoms with Crippen molar-refractivity contribution >= 4 is 20.6 Å². The molecule has 9 heteroatoms. The summed E-state index contributed by atoms with van der Waals surface area (Å²) in [5.74, 6) is 0.556. The molecule has 2 aromatic carbocycles. The molecule has 0 spiro atoms. The second-order valence-corrected chi connectivity index (χ2v) is 10.2. The highest BCUT2D eigenvalue weighted by Gasteiger charge is 2.18. The molecule has 0 radical (unpaired) electrons. The van der Waals surface area contributed by atoms with Gasteiger partial charge in [0.1, 0.15) is 5.75 Å². The number of fused-ring (bicyclic) bond motifs is 1. The van der Waals surface area contributed by atoms with Crippen molar-refractivity contribution in [1.82, 2.24) is 19.7 Å². The van der Waals surface area contributed by atoms with E-state index in [0.717, 1.165) is 35.2 Å². The van der Waals surface area contributed by atoms with Crippen LogP contribution in [0.5, 0.6) is 5.75 Å². The molecule has 4 rings (SSSR count). The van der Waals surface area contributed by atoms with Gasteiger partial charge in [0.05, 0.1) is 24.2 Å². The number of nitrogens with one attached hydrogen (secondary N) is 1. The first-order chi connectivity index (χ1) is 16.2. The van der Waals surface area contributed by atoms with Crippen molar-refractivity contribution in [3.63, 3.8) is 0 Å². The van der Waals surface area contributed by atoms with Crippen LogP contribution in [-0.2, 0) is 23.4 Å². The molecule has 0 aliphatic rings. The molecule has 1 N–H and O–H groups in total. The Morgan fingerprint density at radius 2 is 1.82 bits per heavy atom. The molecular weight excluding hydrogens is 452 g/mol. The van der Waals surface area contributed by atoms with Gasteiger partial charge in [-0.05, 0) is 55.3 Å². The van der Waals surface area contributed by atoms with Crippen LogP contribution < -0.4 is 15.6 Å². The number of pyridine rings is 1. The molecule has 34 heavy (non-hydrogen) atoms. The van der Waals surface area contributed by atoms with Crippen molar-refractivity contribution in [2.45, 2.75) is 18.4 Å². The zero-order chi connectivity index (χ0) is 24.5. The lowest BCUT2D eigenvalue weighted by atomic mass is 9.97. The van der Waals surface area contributed by atoms with Crippen LogP contribution >= 0.6 is 0 Å². The molecule has 0 unspecified atom stereocenters. The minimum absolute atomic E-state index is 0.132. The maximum atomic E-state index is 12.9. The average Bonchev–Trinajstić information content (AvgIpc) is 3.28. The molecule has 0 saturated heterocycles. The summed E-state index contributed by atoms with van der Waals surface area (Å²) in [5.41, 5.74) is 3.05. The number of benzene rings is 2. The van der Waals surface area contributed by atoms with Crippen molar-refractivity contribution in [1.29, 1.82) is 0 Å². The van der Waals surface area contributed by atoms with Crippen LogP contribution in [0, 0.1) is 0 Å². The molecule has 8 nitrogen and oxygen atoms in total. The Bertz CT molecular complexity index is 1520. The molecule has 0 saturated carbocycles. The Kier molecular flexibility index (Phi) is 6.58.